The number of amides is 2. The van der Waals surface area contributed by atoms with E-state index in [2.05, 4.69) is 15.3 Å². The number of hydrogen-bond acceptors (Lipinski definition) is 4. The van der Waals surface area contributed by atoms with Crippen LogP contribution in [0.3, 0.4) is 0 Å². The number of likely N-dealkylation sites (N-methyl/N-ethyl adjacent to an activating group) is 1. The number of rotatable bonds is 6. The number of carbonyl (C=O) groups excluding carboxylic acids is 2. The van der Waals surface area contributed by atoms with Crippen LogP contribution in [0.15, 0.2) is 24.4 Å². The lowest BCUT2D eigenvalue weighted by Gasteiger charge is -2.22. The molecule has 1 aliphatic heterocycles. The summed E-state index contributed by atoms with van der Waals surface area (Å²) in [5.41, 5.74) is 2.30. The molecule has 4 rings (SSSR count). The second-order valence-corrected chi connectivity index (χ2v) is 8.94. The van der Waals surface area contributed by atoms with Crippen LogP contribution in [0.5, 0.6) is 0 Å². The van der Waals surface area contributed by atoms with E-state index in [0.29, 0.717) is 54.3 Å². The fourth-order valence-corrected chi connectivity index (χ4v) is 4.56. The number of benzene rings is 1. The normalized spacial score (nSPS) is 17.5. The van der Waals surface area contributed by atoms with Crippen LogP contribution in [-0.2, 0) is 4.79 Å². The molecule has 1 saturated heterocycles. The summed E-state index contributed by atoms with van der Waals surface area (Å²) < 4.78 is 1.79. The van der Waals surface area contributed by atoms with Crippen molar-refractivity contribution < 1.29 is 9.59 Å². The predicted octanol–water partition coefficient (Wildman–Crippen LogP) is 3.34. The van der Waals surface area contributed by atoms with E-state index in [1.807, 2.05) is 17.9 Å². The molecule has 0 radical (unpaired) electrons. The molecule has 9 heteroatoms. The van der Waals surface area contributed by atoms with Crippen molar-refractivity contribution in [1.29, 1.82) is 0 Å². The average Bonchev–Trinajstić information content (AvgIpc) is 3.52. The van der Waals surface area contributed by atoms with E-state index >= 15 is 0 Å². The molecule has 1 aliphatic carbocycles. The highest BCUT2D eigenvalue weighted by Crippen LogP contribution is 2.43. The molecule has 7 nitrogen and oxygen atoms in total. The molecule has 1 N–H and O–H groups in total. The molecular weight excluding hydrogens is 437 g/mol. The van der Waals surface area contributed by atoms with E-state index in [0.717, 1.165) is 37.2 Å². The maximum atomic E-state index is 13.4. The number of hydrogen-bond donors (Lipinski definition) is 1. The molecule has 2 fully saturated rings. The second kappa shape index (κ2) is 9.59. The number of nitrogens with one attached hydrogen (secondary N) is 1. The van der Waals surface area contributed by atoms with Crippen LogP contribution in [0, 0.1) is 0 Å². The van der Waals surface area contributed by atoms with Crippen LogP contribution in [0.4, 0.5) is 0 Å². The van der Waals surface area contributed by atoms with Crippen molar-refractivity contribution in [3.63, 3.8) is 0 Å². The van der Waals surface area contributed by atoms with Gasteiger partial charge in [0.2, 0.25) is 5.91 Å². The fraction of sp³-hybridized carbons (Fsp3) is 0.500. The van der Waals surface area contributed by atoms with Crippen molar-refractivity contribution in [3.8, 4) is 5.69 Å². The lowest BCUT2D eigenvalue weighted by Crippen LogP contribution is -2.40. The lowest BCUT2D eigenvalue weighted by molar-refractivity contribution is -0.122. The highest BCUT2D eigenvalue weighted by atomic mass is 35.5. The zero-order valence-electron chi connectivity index (χ0n) is 17.6. The van der Waals surface area contributed by atoms with Crippen molar-refractivity contribution in [1.82, 2.24) is 24.9 Å². The lowest BCUT2D eigenvalue weighted by atomic mass is 10.1. The van der Waals surface area contributed by atoms with Crippen LogP contribution in [0.25, 0.3) is 5.69 Å². The average molecular weight is 464 g/mol. The first kappa shape index (κ1) is 22.1. The van der Waals surface area contributed by atoms with Crippen molar-refractivity contribution in [2.24, 2.45) is 0 Å². The molecule has 0 atom stereocenters. The Kier molecular flexibility index (Phi) is 6.84. The minimum Gasteiger partial charge on any atom is -0.355 e. The number of nitrogens with zero attached hydrogens (tertiary/aromatic N) is 4. The second-order valence-electron chi connectivity index (χ2n) is 8.10. The van der Waals surface area contributed by atoms with Gasteiger partial charge in [0.15, 0.2) is 0 Å². The highest BCUT2D eigenvalue weighted by molar-refractivity contribution is 6.35. The Morgan fingerprint density at radius 1 is 1.16 bits per heavy atom. The van der Waals surface area contributed by atoms with Crippen molar-refractivity contribution in [2.45, 2.75) is 32.1 Å². The van der Waals surface area contributed by atoms with Gasteiger partial charge in [-0.1, -0.05) is 23.2 Å². The fourth-order valence-electron chi connectivity index (χ4n) is 4.08. The van der Waals surface area contributed by atoms with Gasteiger partial charge in [-0.05, 0) is 44.4 Å². The van der Waals surface area contributed by atoms with Crippen LogP contribution >= 0.6 is 23.2 Å². The molecule has 1 aromatic heterocycles. The maximum Gasteiger partial charge on any atom is 0.257 e. The molecule has 2 aromatic rings. The summed E-state index contributed by atoms with van der Waals surface area (Å²) in [5.74, 6) is 0.340. The number of halogens is 2. The van der Waals surface area contributed by atoms with Gasteiger partial charge in [-0.2, -0.15) is 5.10 Å². The Morgan fingerprint density at radius 3 is 2.68 bits per heavy atom. The van der Waals surface area contributed by atoms with E-state index in [1.165, 1.54) is 0 Å². The standard InChI is InChI=1S/C22H27Cl2N5O2/c1-2-25-20(30)14-27-8-3-9-28(11-10-27)22(31)17-13-26-29(21(17)15-4-5-15)19-7-6-16(23)12-18(19)24/h6-7,12-13,15H,2-5,8-11,14H2,1H3,(H,25,30). The van der Waals surface area contributed by atoms with Gasteiger partial charge in [-0.15, -0.1) is 0 Å². The van der Waals surface area contributed by atoms with E-state index in [9.17, 15) is 9.59 Å². The maximum absolute atomic E-state index is 13.4. The Labute approximate surface area is 192 Å². The van der Waals surface area contributed by atoms with Gasteiger partial charge in [0.25, 0.3) is 5.91 Å². The van der Waals surface area contributed by atoms with Crippen molar-refractivity contribution in [3.05, 3.63) is 45.7 Å². The molecule has 166 valence electrons. The molecule has 2 aliphatic rings. The van der Waals surface area contributed by atoms with Gasteiger partial charge < -0.3 is 10.2 Å². The third-order valence-electron chi connectivity index (χ3n) is 5.76. The summed E-state index contributed by atoms with van der Waals surface area (Å²) in [6, 6.07) is 5.31. The third kappa shape index (κ3) is 5.05. The van der Waals surface area contributed by atoms with E-state index in [1.54, 1.807) is 23.0 Å². The smallest absolute Gasteiger partial charge is 0.257 e. The molecule has 2 heterocycles. The molecule has 0 unspecified atom stereocenters. The van der Waals surface area contributed by atoms with Gasteiger partial charge >= 0.3 is 0 Å². The molecule has 2 amide bonds. The van der Waals surface area contributed by atoms with Crippen LogP contribution in [0.1, 0.15) is 48.2 Å². The zero-order chi connectivity index (χ0) is 22.0. The first-order valence-electron chi connectivity index (χ1n) is 10.8. The van der Waals surface area contributed by atoms with Gasteiger partial charge in [0.1, 0.15) is 0 Å². The van der Waals surface area contributed by atoms with Gasteiger partial charge in [-0.25, -0.2) is 4.68 Å². The molecule has 1 aromatic carbocycles. The monoisotopic (exact) mass is 463 g/mol. The minimum atomic E-state index is -0.00176. The summed E-state index contributed by atoms with van der Waals surface area (Å²) in [6.07, 6.45) is 4.58. The minimum absolute atomic E-state index is 0.00176. The quantitative estimate of drug-likeness (QED) is 0.712. The van der Waals surface area contributed by atoms with Crippen molar-refractivity contribution >= 4 is 35.0 Å². The Bertz CT molecular complexity index is 973. The van der Waals surface area contributed by atoms with E-state index in [4.69, 9.17) is 23.2 Å². The molecule has 0 spiro atoms. The van der Waals surface area contributed by atoms with E-state index in [-0.39, 0.29) is 11.8 Å². The van der Waals surface area contributed by atoms with Gasteiger partial charge in [-0.3, -0.25) is 14.5 Å². The molecule has 1 saturated carbocycles. The van der Waals surface area contributed by atoms with E-state index < -0.39 is 0 Å². The first-order chi connectivity index (χ1) is 15.0. The summed E-state index contributed by atoms with van der Waals surface area (Å²) in [5, 5.41) is 8.43. The Morgan fingerprint density at radius 2 is 1.97 bits per heavy atom. The molecule has 31 heavy (non-hydrogen) atoms. The third-order valence-corrected chi connectivity index (χ3v) is 6.29. The largest absolute Gasteiger partial charge is 0.355 e. The summed E-state index contributed by atoms with van der Waals surface area (Å²) >= 11 is 12.5. The van der Waals surface area contributed by atoms with Crippen LogP contribution in [0.2, 0.25) is 10.0 Å². The summed E-state index contributed by atoms with van der Waals surface area (Å²) in [6.45, 7) is 5.65. The van der Waals surface area contributed by atoms with Crippen molar-refractivity contribution in [2.75, 3.05) is 39.3 Å². The van der Waals surface area contributed by atoms with Crippen LogP contribution in [-0.4, -0.2) is 70.7 Å². The summed E-state index contributed by atoms with van der Waals surface area (Å²) in [4.78, 5) is 29.3. The first-order valence-corrected chi connectivity index (χ1v) is 11.5. The number of aromatic nitrogens is 2. The highest BCUT2D eigenvalue weighted by Gasteiger charge is 2.35. The summed E-state index contributed by atoms with van der Waals surface area (Å²) in [7, 11) is 0. The predicted molar refractivity (Wildman–Crippen MR) is 121 cm³/mol. The Balaban J connectivity index is 1.53. The van der Waals surface area contributed by atoms with Crippen LogP contribution < -0.4 is 5.32 Å². The van der Waals surface area contributed by atoms with Gasteiger partial charge in [0, 0.05) is 43.7 Å². The molecular formula is C22H27Cl2N5O2. The van der Waals surface area contributed by atoms with Gasteiger partial charge in [0.05, 0.1) is 34.7 Å². The number of carbonyl (C=O) groups is 2. The Hall–Kier alpha value is -2.09. The zero-order valence-corrected chi connectivity index (χ0v) is 19.1. The SMILES string of the molecule is CCNC(=O)CN1CCCN(C(=O)c2cnn(-c3ccc(Cl)cc3Cl)c2C2CC2)CC1. The topological polar surface area (TPSA) is 70.5 Å². The molecule has 0 bridgehead atoms.